The number of methoxy groups -OCH3 is 1. The smallest absolute Gasteiger partial charge is 0.407 e. The molecule has 0 aromatic rings. The van der Waals surface area contributed by atoms with Gasteiger partial charge in [0, 0.05) is 0 Å². The molecule has 1 aliphatic rings. The molecule has 0 aromatic heterocycles. The van der Waals surface area contributed by atoms with E-state index < -0.39 is 20.0 Å². The fraction of sp³-hybridized carbons (Fsp3) is 0.895. The number of rotatable bonds is 6. The fourth-order valence-corrected chi connectivity index (χ4v) is 3.87. The first-order valence-electron chi connectivity index (χ1n) is 9.32. The molecule has 6 nitrogen and oxygen atoms in total. The number of esters is 1. The van der Waals surface area contributed by atoms with Crippen LogP contribution in [0, 0.1) is 17.8 Å². The molecule has 1 rings (SSSR count). The minimum Gasteiger partial charge on any atom is -0.469 e. The van der Waals surface area contributed by atoms with Gasteiger partial charge in [0.1, 0.15) is 5.60 Å². The van der Waals surface area contributed by atoms with Crippen LogP contribution in [0.5, 0.6) is 0 Å². The lowest BCUT2D eigenvalue weighted by Crippen LogP contribution is -2.48. The summed E-state index contributed by atoms with van der Waals surface area (Å²) >= 11 is 0. The summed E-state index contributed by atoms with van der Waals surface area (Å²) < 4.78 is 16.6. The van der Waals surface area contributed by atoms with Crippen LogP contribution in [0.3, 0.4) is 0 Å². The quantitative estimate of drug-likeness (QED) is 0.552. The average molecular weight is 388 g/mol. The average Bonchev–Trinajstić information content (AvgIpc) is 3.10. The Morgan fingerprint density at radius 1 is 1.12 bits per heavy atom. The second kappa shape index (κ2) is 7.88. The monoisotopic (exact) mass is 387 g/mol. The lowest BCUT2D eigenvalue weighted by Gasteiger charge is -2.37. The zero-order valence-electron chi connectivity index (χ0n) is 18.1. The van der Waals surface area contributed by atoms with Gasteiger partial charge in [-0.2, -0.15) is 0 Å². The molecule has 0 bridgehead atoms. The van der Waals surface area contributed by atoms with Crippen molar-refractivity contribution in [2.45, 2.75) is 78.2 Å². The Kier molecular flexibility index (Phi) is 6.96. The van der Waals surface area contributed by atoms with Crippen LogP contribution in [0.25, 0.3) is 0 Å². The van der Waals surface area contributed by atoms with E-state index in [2.05, 4.69) is 39.2 Å². The van der Waals surface area contributed by atoms with E-state index >= 15 is 0 Å². The molecule has 1 fully saturated rings. The molecule has 0 spiro atoms. The molecule has 0 saturated heterocycles. The predicted octanol–water partition coefficient (Wildman–Crippen LogP) is 3.96. The van der Waals surface area contributed by atoms with Gasteiger partial charge in [0.2, 0.25) is 0 Å². The summed E-state index contributed by atoms with van der Waals surface area (Å²) in [6.45, 7) is 18.7. The maximum absolute atomic E-state index is 12.3. The normalized spacial score (nSPS) is 24.6. The Morgan fingerprint density at radius 2 is 1.65 bits per heavy atom. The van der Waals surface area contributed by atoms with Gasteiger partial charge in [0.25, 0.3) is 0 Å². The van der Waals surface area contributed by atoms with E-state index in [1.165, 1.54) is 7.11 Å². The molecular weight excluding hydrogens is 350 g/mol. The topological polar surface area (TPSA) is 73.9 Å². The number of amides is 1. The van der Waals surface area contributed by atoms with Crippen molar-refractivity contribution >= 4 is 20.4 Å². The zero-order valence-corrected chi connectivity index (χ0v) is 19.1. The molecule has 3 unspecified atom stereocenters. The Labute approximate surface area is 159 Å². The number of ether oxygens (including phenoxy) is 2. The summed E-state index contributed by atoms with van der Waals surface area (Å²) in [5.41, 5.74) is -0.578. The van der Waals surface area contributed by atoms with Gasteiger partial charge in [-0.3, -0.25) is 4.79 Å². The number of hydrogen-bond acceptors (Lipinski definition) is 5. The number of alkyl carbamates (subject to hydrolysis) is 1. The van der Waals surface area contributed by atoms with E-state index in [1.807, 2.05) is 27.7 Å². The van der Waals surface area contributed by atoms with Crippen LogP contribution in [0.2, 0.25) is 18.1 Å². The third kappa shape index (κ3) is 5.98. The van der Waals surface area contributed by atoms with Crippen molar-refractivity contribution in [1.82, 2.24) is 5.32 Å². The van der Waals surface area contributed by atoms with Crippen LogP contribution in [0.1, 0.15) is 48.5 Å². The first-order chi connectivity index (χ1) is 11.6. The highest BCUT2D eigenvalue weighted by molar-refractivity contribution is 6.74. The Morgan fingerprint density at radius 3 is 2.08 bits per heavy atom. The summed E-state index contributed by atoms with van der Waals surface area (Å²) in [5, 5.41) is 3.00. The van der Waals surface area contributed by atoms with Crippen molar-refractivity contribution in [3.05, 3.63) is 0 Å². The Hall–Kier alpha value is -1.08. The van der Waals surface area contributed by atoms with Crippen LogP contribution >= 0.6 is 0 Å². The maximum Gasteiger partial charge on any atom is 0.407 e. The molecule has 0 aromatic carbocycles. The second-order valence-electron chi connectivity index (χ2n) is 9.81. The minimum atomic E-state index is -1.97. The van der Waals surface area contributed by atoms with Crippen molar-refractivity contribution in [1.29, 1.82) is 0 Å². The molecule has 1 amide bonds. The van der Waals surface area contributed by atoms with Crippen LogP contribution in [0.4, 0.5) is 4.79 Å². The largest absolute Gasteiger partial charge is 0.469 e. The van der Waals surface area contributed by atoms with Crippen molar-refractivity contribution in [2.75, 3.05) is 13.7 Å². The lowest BCUT2D eigenvalue weighted by molar-refractivity contribution is -0.142. The van der Waals surface area contributed by atoms with Crippen molar-refractivity contribution in [2.24, 2.45) is 17.8 Å². The molecule has 0 aliphatic heterocycles. The lowest BCUT2D eigenvalue weighted by atomic mass is 10.1. The zero-order chi connectivity index (χ0) is 20.5. The van der Waals surface area contributed by atoms with Gasteiger partial charge in [0.15, 0.2) is 8.32 Å². The Bertz CT molecular complexity index is 521. The number of nitrogens with one attached hydrogen (secondary N) is 1. The maximum atomic E-state index is 12.3. The second-order valence-corrected chi connectivity index (χ2v) is 14.6. The van der Waals surface area contributed by atoms with Gasteiger partial charge in [-0.25, -0.2) is 4.79 Å². The minimum absolute atomic E-state index is 0.000244. The van der Waals surface area contributed by atoms with Gasteiger partial charge in [-0.05, 0) is 50.7 Å². The molecule has 1 N–H and O–H groups in total. The van der Waals surface area contributed by atoms with E-state index in [1.54, 1.807) is 0 Å². The van der Waals surface area contributed by atoms with Gasteiger partial charge in [0.05, 0.1) is 25.7 Å². The van der Waals surface area contributed by atoms with Crippen LogP contribution in [-0.4, -0.2) is 45.7 Å². The molecule has 4 atom stereocenters. The third-order valence-electron chi connectivity index (χ3n) is 5.52. The van der Waals surface area contributed by atoms with E-state index in [0.717, 1.165) is 0 Å². The molecular formula is C19H37NO5Si. The summed E-state index contributed by atoms with van der Waals surface area (Å²) in [6, 6.07) is -0.280. The van der Waals surface area contributed by atoms with E-state index in [4.69, 9.17) is 13.9 Å². The number of carbonyl (C=O) groups is 2. The first kappa shape index (κ1) is 23.0. The molecule has 1 aliphatic carbocycles. The van der Waals surface area contributed by atoms with Gasteiger partial charge in [-0.1, -0.05) is 27.7 Å². The highest BCUT2D eigenvalue weighted by Crippen LogP contribution is 2.49. The van der Waals surface area contributed by atoms with E-state index in [0.29, 0.717) is 6.61 Å². The highest BCUT2D eigenvalue weighted by atomic mass is 28.4. The van der Waals surface area contributed by atoms with E-state index in [9.17, 15) is 9.59 Å². The molecule has 26 heavy (non-hydrogen) atoms. The van der Waals surface area contributed by atoms with Crippen LogP contribution in [0.15, 0.2) is 0 Å². The summed E-state index contributed by atoms with van der Waals surface area (Å²) in [4.78, 5) is 24.3. The SMILES string of the molecule is COC(=O)C1C(C)C1[C@@H](CO[Si](C)(C)C(C)(C)C)NC(=O)OC(C)(C)C. The van der Waals surface area contributed by atoms with Crippen molar-refractivity contribution in [3.63, 3.8) is 0 Å². The molecule has 7 heteroatoms. The summed E-state index contributed by atoms with van der Waals surface area (Å²) in [6.07, 6.45) is -0.482. The summed E-state index contributed by atoms with van der Waals surface area (Å²) in [7, 11) is -0.576. The van der Waals surface area contributed by atoms with Gasteiger partial charge < -0.3 is 19.2 Å². The van der Waals surface area contributed by atoms with Gasteiger partial charge in [-0.15, -0.1) is 0 Å². The first-order valence-corrected chi connectivity index (χ1v) is 12.2. The number of carbonyl (C=O) groups excluding carboxylic acids is 2. The fourth-order valence-electron chi connectivity index (χ4n) is 2.84. The highest BCUT2D eigenvalue weighted by Gasteiger charge is 2.57. The molecule has 0 heterocycles. The Balaban J connectivity index is 2.87. The van der Waals surface area contributed by atoms with Gasteiger partial charge >= 0.3 is 12.1 Å². The molecule has 0 radical (unpaired) electrons. The van der Waals surface area contributed by atoms with Crippen molar-refractivity contribution in [3.8, 4) is 0 Å². The van der Waals surface area contributed by atoms with Crippen LogP contribution in [-0.2, 0) is 18.7 Å². The molecule has 1 saturated carbocycles. The van der Waals surface area contributed by atoms with Crippen molar-refractivity contribution < 1.29 is 23.5 Å². The predicted molar refractivity (Wildman–Crippen MR) is 104 cm³/mol. The third-order valence-corrected chi connectivity index (χ3v) is 10.0. The van der Waals surface area contributed by atoms with Crippen LogP contribution < -0.4 is 5.32 Å². The standard InChI is InChI=1S/C19H37NO5Si/c1-12-14(15(12)16(21)23-8)13(20-17(22)25-18(2,3)4)11-24-26(9,10)19(5,6)7/h12-15H,11H2,1-10H3,(H,20,22)/t12?,13-,14?,15?/m1/s1. The summed E-state index contributed by atoms with van der Waals surface area (Å²) in [5.74, 6) is -0.293. The number of hydrogen-bond donors (Lipinski definition) is 1. The molecule has 152 valence electrons. The van der Waals surface area contributed by atoms with E-state index in [-0.39, 0.29) is 34.8 Å².